The van der Waals surface area contributed by atoms with Gasteiger partial charge in [-0.25, -0.2) is 4.98 Å². The molecule has 1 aliphatic rings. The van der Waals surface area contributed by atoms with Gasteiger partial charge in [0.2, 0.25) is 0 Å². The number of likely N-dealkylation sites (tertiary alicyclic amines) is 1. The normalized spacial score (nSPS) is 15.9. The van der Waals surface area contributed by atoms with Crippen LogP contribution >= 0.6 is 23.1 Å². The predicted molar refractivity (Wildman–Crippen MR) is 121 cm³/mol. The molecule has 0 unspecified atom stereocenters. The van der Waals surface area contributed by atoms with Gasteiger partial charge in [-0.15, -0.1) is 17.9 Å². The van der Waals surface area contributed by atoms with Crippen LogP contribution in [0.3, 0.4) is 0 Å². The average Bonchev–Trinajstić information content (AvgIpc) is 3.11. The number of hydrogen-bond donors (Lipinski definition) is 0. The number of nitrogens with zero attached hydrogens (tertiary/aromatic N) is 3. The molecule has 1 saturated heterocycles. The Bertz CT molecular complexity index is 1040. The van der Waals surface area contributed by atoms with Crippen LogP contribution in [0.4, 0.5) is 0 Å². The summed E-state index contributed by atoms with van der Waals surface area (Å²) in [6.07, 6.45) is 4.04. The van der Waals surface area contributed by atoms with Crippen molar-refractivity contribution in [3.8, 4) is 11.1 Å². The van der Waals surface area contributed by atoms with E-state index in [9.17, 15) is 4.79 Å². The minimum absolute atomic E-state index is 0.0390. The average molecular weight is 412 g/mol. The summed E-state index contributed by atoms with van der Waals surface area (Å²) < 4.78 is 1.79. The number of rotatable bonds is 5. The summed E-state index contributed by atoms with van der Waals surface area (Å²) in [5, 5.41) is 4.12. The van der Waals surface area contributed by atoms with E-state index in [2.05, 4.69) is 55.1 Å². The van der Waals surface area contributed by atoms with E-state index in [0.29, 0.717) is 11.8 Å². The highest BCUT2D eigenvalue weighted by molar-refractivity contribution is 7.99. The number of piperidine rings is 1. The molecule has 0 amide bonds. The highest BCUT2D eigenvalue weighted by Crippen LogP contribution is 2.34. The first-order valence-corrected chi connectivity index (χ1v) is 11.4. The Kier molecular flexibility index (Phi) is 5.71. The molecular formula is C22H25N3OS2. The molecule has 1 aromatic carbocycles. The molecule has 0 N–H and O–H groups in total. The summed E-state index contributed by atoms with van der Waals surface area (Å²) in [7, 11) is 2.16. The summed E-state index contributed by atoms with van der Waals surface area (Å²) in [6, 6.07) is 8.32. The quantitative estimate of drug-likeness (QED) is 0.446. The van der Waals surface area contributed by atoms with Crippen LogP contribution in [-0.2, 0) is 6.54 Å². The molecule has 3 aromatic rings. The molecule has 28 heavy (non-hydrogen) atoms. The molecule has 1 fully saturated rings. The Balaban J connectivity index is 1.77. The highest BCUT2D eigenvalue weighted by Gasteiger charge is 2.22. The first-order chi connectivity index (χ1) is 13.6. The third-order valence-corrected chi connectivity index (χ3v) is 7.47. The Morgan fingerprint density at radius 2 is 2.00 bits per heavy atom. The van der Waals surface area contributed by atoms with Gasteiger partial charge in [-0.3, -0.25) is 9.36 Å². The third kappa shape index (κ3) is 3.81. The highest BCUT2D eigenvalue weighted by atomic mass is 32.2. The van der Waals surface area contributed by atoms with Crippen LogP contribution in [0.5, 0.6) is 0 Å². The van der Waals surface area contributed by atoms with Crippen molar-refractivity contribution in [2.45, 2.75) is 36.7 Å². The van der Waals surface area contributed by atoms with E-state index in [1.807, 2.05) is 0 Å². The van der Waals surface area contributed by atoms with E-state index in [1.165, 1.54) is 5.56 Å². The van der Waals surface area contributed by atoms with Crippen LogP contribution in [0.2, 0.25) is 0 Å². The molecule has 1 aliphatic heterocycles. The van der Waals surface area contributed by atoms with Gasteiger partial charge in [0, 0.05) is 22.7 Å². The first-order valence-electron chi connectivity index (χ1n) is 9.62. The first kappa shape index (κ1) is 19.4. The summed E-state index contributed by atoms with van der Waals surface area (Å²) >= 11 is 3.31. The summed E-state index contributed by atoms with van der Waals surface area (Å²) in [5.74, 6) is 0. The number of fused-ring (bicyclic) bond motifs is 1. The molecule has 0 saturated carbocycles. The maximum absolute atomic E-state index is 13.4. The van der Waals surface area contributed by atoms with Crippen molar-refractivity contribution in [1.29, 1.82) is 0 Å². The van der Waals surface area contributed by atoms with Crippen LogP contribution in [-0.4, -0.2) is 39.8 Å². The van der Waals surface area contributed by atoms with Crippen molar-refractivity contribution in [2.24, 2.45) is 0 Å². The van der Waals surface area contributed by atoms with Gasteiger partial charge in [0.25, 0.3) is 5.56 Å². The molecule has 0 radical (unpaired) electrons. The van der Waals surface area contributed by atoms with E-state index in [-0.39, 0.29) is 5.56 Å². The molecule has 146 valence electrons. The molecule has 0 atom stereocenters. The second-order valence-corrected chi connectivity index (χ2v) is 9.54. The van der Waals surface area contributed by atoms with Crippen LogP contribution in [0, 0.1) is 6.92 Å². The maximum Gasteiger partial charge on any atom is 0.263 e. The van der Waals surface area contributed by atoms with Crippen molar-refractivity contribution in [1.82, 2.24) is 14.5 Å². The SMILES string of the molecule is C=CCn1c(SC2CCN(C)CC2)nc2scc(-c3ccc(C)cc3)c2c1=O. The van der Waals surface area contributed by atoms with Crippen molar-refractivity contribution in [3.05, 3.63) is 58.2 Å². The van der Waals surface area contributed by atoms with Gasteiger partial charge in [0.05, 0.1) is 5.39 Å². The minimum Gasteiger partial charge on any atom is -0.306 e. The topological polar surface area (TPSA) is 38.1 Å². The van der Waals surface area contributed by atoms with Gasteiger partial charge in [0.15, 0.2) is 5.16 Å². The Morgan fingerprint density at radius 3 is 2.68 bits per heavy atom. The van der Waals surface area contributed by atoms with Gasteiger partial charge in [-0.2, -0.15) is 0 Å². The van der Waals surface area contributed by atoms with Crippen molar-refractivity contribution in [2.75, 3.05) is 20.1 Å². The lowest BCUT2D eigenvalue weighted by Crippen LogP contribution is -2.32. The number of aromatic nitrogens is 2. The number of benzene rings is 1. The largest absolute Gasteiger partial charge is 0.306 e. The molecule has 0 spiro atoms. The van der Waals surface area contributed by atoms with E-state index in [4.69, 9.17) is 4.98 Å². The van der Waals surface area contributed by atoms with Crippen molar-refractivity contribution in [3.63, 3.8) is 0 Å². The number of hydrogen-bond acceptors (Lipinski definition) is 5. The number of aryl methyl sites for hydroxylation is 1. The zero-order valence-electron chi connectivity index (χ0n) is 16.4. The van der Waals surface area contributed by atoms with Crippen LogP contribution in [0.1, 0.15) is 18.4 Å². The molecule has 4 rings (SSSR count). The molecule has 6 heteroatoms. The van der Waals surface area contributed by atoms with E-state index >= 15 is 0 Å². The Morgan fingerprint density at radius 1 is 1.29 bits per heavy atom. The second-order valence-electron chi connectivity index (χ2n) is 7.41. The van der Waals surface area contributed by atoms with E-state index in [0.717, 1.165) is 52.4 Å². The zero-order chi connectivity index (χ0) is 19.7. The lowest BCUT2D eigenvalue weighted by molar-refractivity contribution is 0.282. The molecule has 0 bridgehead atoms. The number of thioether (sulfide) groups is 1. The Hall–Kier alpha value is -1.89. The number of allylic oxidation sites excluding steroid dienone is 1. The van der Waals surface area contributed by atoms with Crippen LogP contribution in [0.15, 0.2) is 52.3 Å². The van der Waals surface area contributed by atoms with Gasteiger partial charge < -0.3 is 4.90 Å². The van der Waals surface area contributed by atoms with Crippen LogP contribution < -0.4 is 5.56 Å². The smallest absolute Gasteiger partial charge is 0.263 e. The second kappa shape index (κ2) is 8.23. The summed E-state index contributed by atoms with van der Waals surface area (Å²) in [5.41, 5.74) is 3.29. The van der Waals surface area contributed by atoms with Gasteiger partial charge in [-0.1, -0.05) is 47.7 Å². The predicted octanol–water partition coefficient (Wildman–Crippen LogP) is 4.81. The minimum atomic E-state index is 0.0390. The lowest BCUT2D eigenvalue weighted by Gasteiger charge is -2.28. The monoisotopic (exact) mass is 411 g/mol. The van der Waals surface area contributed by atoms with E-state index < -0.39 is 0 Å². The van der Waals surface area contributed by atoms with Gasteiger partial charge in [0.1, 0.15) is 4.83 Å². The van der Waals surface area contributed by atoms with E-state index in [1.54, 1.807) is 33.7 Å². The molecule has 2 aromatic heterocycles. The molecule has 4 nitrogen and oxygen atoms in total. The molecule has 0 aliphatic carbocycles. The van der Waals surface area contributed by atoms with Gasteiger partial charge >= 0.3 is 0 Å². The fourth-order valence-corrected chi connectivity index (χ4v) is 5.75. The Labute approximate surface area is 173 Å². The molecule has 3 heterocycles. The summed E-state index contributed by atoms with van der Waals surface area (Å²) in [6.45, 7) is 8.61. The third-order valence-electron chi connectivity index (χ3n) is 5.27. The fraction of sp³-hybridized carbons (Fsp3) is 0.364. The van der Waals surface area contributed by atoms with Gasteiger partial charge in [-0.05, 0) is 45.5 Å². The number of thiophene rings is 1. The summed E-state index contributed by atoms with van der Waals surface area (Å²) in [4.78, 5) is 21.5. The maximum atomic E-state index is 13.4. The van der Waals surface area contributed by atoms with Crippen molar-refractivity contribution >= 4 is 33.3 Å². The standard InChI is InChI=1S/C22H25N3OS2/c1-4-11-25-21(26)19-18(16-7-5-15(2)6-8-16)14-27-20(19)23-22(25)28-17-9-12-24(3)13-10-17/h4-8,14,17H,1,9-13H2,2-3H3. The zero-order valence-corrected chi connectivity index (χ0v) is 18.0. The molecular weight excluding hydrogens is 386 g/mol. The van der Waals surface area contributed by atoms with Crippen LogP contribution in [0.25, 0.3) is 21.3 Å². The lowest BCUT2D eigenvalue weighted by atomic mass is 10.1. The van der Waals surface area contributed by atoms with Crippen molar-refractivity contribution < 1.29 is 0 Å². The fourth-order valence-electron chi connectivity index (χ4n) is 3.58.